The molecule has 0 aromatic heterocycles. The zero-order chi connectivity index (χ0) is 19.3. The summed E-state index contributed by atoms with van der Waals surface area (Å²) in [6, 6.07) is 8.78. The molecule has 1 saturated heterocycles. The molecule has 1 N–H and O–H groups in total. The zero-order valence-electron chi connectivity index (χ0n) is 15.3. The van der Waals surface area contributed by atoms with Gasteiger partial charge in [0.25, 0.3) is 0 Å². The molecule has 1 aliphatic rings. The van der Waals surface area contributed by atoms with Gasteiger partial charge in [0.2, 0.25) is 5.91 Å². The Morgan fingerprint density at radius 3 is 2.35 bits per heavy atom. The minimum atomic E-state index is -4.52. The van der Waals surface area contributed by atoms with Gasteiger partial charge in [-0.3, -0.25) is 10.2 Å². The summed E-state index contributed by atoms with van der Waals surface area (Å²) in [5, 5.41) is 2.78. The van der Waals surface area contributed by atoms with E-state index in [2.05, 4.69) is 5.43 Å². The normalized spacial score (nSPS) is 19.2. The highest BCUT2D eigenvalue weighted by Crippen LogP contribution is 2.44. The number of alkyl halides is 3. The van der Waals surface area contributed by atoms with Crippen molar-refractivity contribution in [3.05, 3.63) is 47.5 Å². The number of nitrogens with one attached hydrogen (secondary N) is 1. The molecule has 6 heteroatoms. The van der Waals surface area contributed by atoms with Crippen molar-refractivity contribution in [2.45, 2.75) is 57.8 Å². The minimum absolute atomic E-state index is 0.0319. The van der Waals surface area contributed by atoms with Crippen molar-refractivity contribution < 1.29 is 18.0 Å². The molecule has 0 saturated carbocycles. The molecule has 2 aromatic rings. The number of halogens is 3. The Morgan fingerprint density at radius 1 is 1.15 bits per heavy atom. The molecule has 0 radical (unpaired) electrons. The number of benzene rings is 2. The number of hydrazine groups is 1. The molecule has 0 unspecified atom stereocenters. The van der Waals surface area contributed by atoms with Crippen LogP contribution in [-0.2, 0) is 4.79 Å². The van der Waals surface area contributed by atoms with Crippen LogP contribution >= 0.6 is 0 Å². The van der Waals surface area contributed by atoms with Gasteiger partial charge in [0, 0.05) is 12.0 Å². The Kier molecular flexibility index (Phi) is 4.51. The SMILES string of the molecule is CC(C)c1cc([C@H](N2NC(=O)CC2(C)C)C(F)(F)F)cc2ccccc12. The summed E-state index contributed by atoms with van der Waals surface area (Å²) in [4.78, 5) is 11.8. The van der Waals surface area contributed by atoms with Crippen molar-refractivity contribution in [3.8, 4) is 0 Å². The monoisotopic (exact) mass is 364 g/mol. The summed E-state index contributed by atoms with van der Waals surface area (Å²) in [6.07, 6.45) is -4.49. The first-order valence-corrected chi connectivity index (χ1v) is 8.69. The van der Waals surface area contributed by atoms with Crippen LogP contribution in [0.25, 0.3) is 10.8 Å². The summed E-state index contributed by atoms with van der Waals surface area (Å²) in [7, 11) is 0. The van der Waals surface area contributed by atoms with Gasteiger partial charge in [0.05, 0.1) is 0 Å². The Balaban J connectivity index is 2.21. The number of amides is 1. The van der Waals surface area contributed by atoms with Gasteiger partial charge in [-0.1, -0.05) is 44.2 Å². The zero-order valence-corrected chi connectivity index (χ0v) is 15.3. The van der Waals surface area contributed by atoms with Crippen molar-refractivity contribution in [3.63, 3.8) is 0 Å². The Bertz CT molecular complexity index is 843. The second-order valence-corrected chi connectivity index (χ2v) is 7.82. The highest BCUT2D eigenvalue weighted by atomic mass is 19.4. The van der Waals surface area contributed by atoms with Gasteiger partial charge in [0.15, 0.2) is 6.04 Å². The van der Waals surface area contributed by atoms with E-state index in [9.17, 15) is 18.0 Å². The third-order valence-corrected chi connectivity index (χ3v) is 4.91. The largest absolute Gasteiger partial charge is 0.409 e. The average Bonchev–Trinajstić information content (AvgIpc) is 2.77. The smallest absolute Gasteiger partial charge is 0.287 e. The second kappa shape index (κ2) is 6.27. The molecule has 2 aromatic carbocycles. The second-order valence-electron chi connectivity index (χ2n) is 7.82. The third kappa shape index (κ3) is 3.30. The lowest BCUT2D eigenvalue weighted by molar-refractivity contribution is -0.203. The van der Waals surface area contributed by atoms with Gasteiger partial charge >= 0.3 is 6.18 Å². The van der Waals surface area contributed by atoms with Crippen molar-refractivity contribution in [2.24, 2.45) is 0 Å². The molecule has 1 aliphatic heterocycles. The fraction of sp³-hybridized carbons (Fsp3) is 0.450. The van der Waals surface area contributed by atoms with Gasteiger partial charge in [-0.15, -0.1) is 0 Å². The van der Waals surface area contributed by atoms with Crippen molar-refractivity contribution in [2.75, 3.05) is 0 Å². The summed E-state index contributed by atoms with van der Waals surface area (Å²) < 4.78 is 42.2. The van der Waals surface area contributed by atoms with E-state index in [0.717, 1.165) is 21.3 Å². The number of fused-ring (bicyclic) bond motifs is 1. The van der Waals surface area contributed by atoms with Crippen LogP contribution in [0.15, 0.2) is 36.4 Å². The predicted molar refractivity (Wildman–Crippen MR) is 95.5 cm³/mol. The topological polar surface area (TPSA) is 32.3 Å². The van der Waals surface area contributed by atoms with E-state index in [1.807, 2.05) is 38.1 Å². The number of carbonyl (C=O) groups excluding carboxylic acids is 1. The summed E-state index contributed by atoms with van der Waals surface area (Å²) in [5.74, 6) is -0.316. The Labute approximate surface area is 151 Å². The fourth-order valence-corrected chi connectivity index (χ4v) is 3.70. The molecule has 3 rings (SSSR count). The van der Waals surface area contributed by atoms with Gasteiger partial charge in [-0.25, -0.2) is 0 Å². The van der Waals surface area contributed by atoms with Gasteiger partial charge in [0.1, 0.15) is 0 Å². The molecule has 0 spiro atoms. The Morgan fingerprint density at radius 2 is 1.81 bits per heavy atom. The van der Waals surface area contributed by atoms with Crippen LogP contribution in [0.1, 0.15) is 57.2 Å². The van der Waals surface area contributed by atoms with E-state index in [1.165, 1.54) is 0 Å². The first kappa shape index (κ1) is 18.7. The molecule has 26 heavy (non-hydrogen) atoms. The molecular weight excluding hydrogens is 341 g/mol. The first-order valence-electron chi connectivity index (χ1n) is 8.69. The molecule has 140 valence electrons. The van der Waals surface area contributed by atoms with E-state index >= 15 is 0 Å². The first-order chi connectivity index (χ1) is 12.0. The number of rotatable bonds is 3. The molecular formula is C20H23F3N2O. The van der Waals surface area contributed by atoms with Crippen LogP contribution in [0.3, 0.4) is 0 Å². The summed E-state index contributed by atoms with van der Waals surface area (Å²) in [5.41, 5.74) is 2.51. The average molecular weight is 364 g/mol. The maximum atomic E-state index is 14.1. The fourth-order valence-electron chi connectivity index (χ4n) is 3.70. The van der Waals surface area contributed by atoms with E-state index < -0.39 is 23.7 Å². The van der Waals surface area contributed by atoms with Crippen molar-refractivity contribution in [1.82, 2.24) is 10.4 Å². The van der Waals surface area contributed by atoms with Crippen LogP contribution in [-0.4, -0.2) is 22.6 Å². The third-order valence-electron chi connectivity index (χ3n) is 4.91. The molecule has 0 bridgehead atoms. The number of hydrogen-bond acceptors (Lipinski definition) is 2. The molecule has 1 amide bonds. The Hall–Kier alpha value is -2.08. The maximum Gasteiger partial charge on any atom is 0.409 e. The molecule has 3 nitrogen and oxygen atoms in total. The van der Waals surface area contributed by atoms with E-state index in [4.69, 9.17) is 0 Å². The molecule has 1 heterocycles. The van der Waals surface area contributed by atoms with E-state index in [1.54, 1.807) is 26.0 Å². The van der Waals surface area contributed by atoms with Crippen molar-refractivity contribution in [1.29, 1.82) is 0 Å². The van der Waals surface area contributed by atoms with Gasteiger partial charge in [-0.05, 0) is 47.7 Å². The van der Waals surface area contributed by atoms with Crippen molar-refractivity contribution >= 4 is 16.7 Å². The maximum absolute atomic E-state index is 14.1. The van der Waals surface area contributed by atoms with E-state index in [-0.39, 0.29) is 17.9 Å². The van der Waals surface area contributed by atoms with Crippen LogP contribution in [0.5, 0.6) is 0 Å². The minimum Gasteiger partial charge on any atom is -0.287 e. The standard InChI is InChI=1S/C20H23F3N2O/c1-12(2)16-10-14(9-13-7-5-6-8-15(13)16)18(20(21,22)23)25-19(3,4)11-17(26)24-25/h5-10,12,18H,11H2,1-4H3,(H,24,26)/t18-/m0/s1. The number of hydrogen-bond donors (Lipinski definition) is 1. The number of carbonyl (C=O) groups is 1. The van der Waals surface area contributed by atoms with Crippen LogP contribution in [0, 0.1) is 0 Å². The lowest BCUT2D eigenvalue weighted by Crippen LogP contribution is -2.51. The lowest BCUT2D eigenvalue weighted by Gasteiger charge is -2.38. The van der Waals surface area contributed by atoms with Crippen LogP contribution < -0.4 is 5.43 Å². The van der Waals surface area contributed by atoms with Crippen LogP contribution in [0.4, 0.5) is 13.2 Å². The molecule has 1 fully saturated rings. The van der Waals surface area contributed by atoms with Gasteiger partial charge in [-0.2, -0.15) is 18.2 Å². The molecule has 1 atom stereocenters. The summed E-state index contributed by atoms with van der Waals surface area (Å²) in [6.45, 7) is 7.23. The number of nitrogens with zero attached hydrogens (tertiary/aromatic N) is 1. The van der Waals surface area contributed by atoms with Gasteiger partial charge < -0.3 is 0 Å². The highest BCUT2D eigenvalue weighted by Gasteiger charge is 2.53. The lowest BCUT2D eigenvalue weighted by atomic mass is 9.90. The van der Waals surface area contributed by atoms with E-state index in [0.29, 0.717) is 0 Å². The molecule has 0 aliphatic carbocycles. The van der Waals surface area contributed by atoms with Crippen LogP contribution in [0.2, 0.25) is 0 Å². The quantitative estimate of drug-likeness (QED) is 0.823. The summed E-state index contributed by atoms with van der Waals surface area (Å²) >= 11 is 0. The predicted octanol–water partition coefficient (Wildman–Crippen LogP) is 5.08. The highest BCUT2D eigenvalue weighted by molar-refractivity contribution is 5.87.